The van der Waals surface area contributed by atoms with Gasteiger partial charge < -0.3 is 9.88 Å². The fourth-order valence-corrected chi connectivity index (χ4v) is 2.60. The van der Waals surface area contributed by atoms with E-state index in [0.29, 0.717) is 10.7 Å². The Labute approximate surface area is 108 Å². The molecule has 94 valence electrons. The van der Waals surface area contributed by atoms with Crippen LogP contribution < -0.4 is 0 Å². The molecule has 4 nitrogen and oxygen atoms in total. The molecule has 1 aliphatic rings. The maximum atomic E-state index is 5.20. The number of H-pyrrole nitrogens is 1. The molecule has 17 heavy (non-hydrogen) atoms. The van der Waals surface area contributed by atoms with Crippen molar-refractivity contribution < 1.29 is 0 Å². The van der Waals surface area contributed by atoms with Crippen molar-refractivity contribution in [2.45, 2.75) is 19.4 Å². The molecule has 1 saturated heterocycles. The number of nitrogens with zero attached hydrogens (tertiary/aromatic N) is 3. The Balaban J connectivity index is 2.32. The second-order valence-corrected chi connectivity index (χ2v) is 5.32. The lowest BCUT2D eigenvalue weighted by atomic mass is 10.2. The maximum absolute atomic E-state index is 5.20. The van der Waals surface area contributed by atoms with E-state index in [1.807, 2.05) is 13.0 Å². The largest absolute Gasteiger partial charge is 0.346 e. The molecule has 0 amide bonds. The van der Waals surface area contributed by atoms with E-state index in [1.165, 1.54) is 6.42 Å². The van der Waals surface area contributed by atoms with Crippen LogP contribution in [0.25, 0.3) is 0 Å². The van der Waals surface area contributed by atoms with Crippen LogP contribution in [0.5, 0.6) is 0 Å². The Hall–Kier alpha value is -0.780. The summed E-state index contributed by atoms with van der Waals surface area (Å²) in [6.07, 6.45) is 1.20. The van der Waals surface area contributed by atoms with Gasteiger partial charge in [0.25, 0.3) is 0 Å². The van der Waals surface area contributed by atoms with Crippen molar-refractivity contribution >= 4 is 12.2 Å². The molecule has 2 rings (SSSR count). The van der Waals surface area contributed by atoms with E-state index in [2.05, 4.69) is 33.9 Å². The zero-order valence-corrected chi connectivity index (χ0v) is 11.5. The molecule has 5 heteroatoms. The fraction of sp³-hybridized carbons (Fsp3) is 0.667. The highest BCUT2D eigenvalue weighted by Gasteiger charge is 2.23. The zero-order chi connectivity index (χ0) is 12.4. The molecule has 1 N–H and O–H groups in total. The number of aromatic amines is 1. The minimum absolute atomic E-state index is 0.309. The van der Waals surface area contributed by atoms with Crippen LogP contribution in [-0.4, -0.2) is 53.5 Å². The lowest BCUT2D eigenvalue weighted by Crippen LogP contribution is -2.32. The number of rotatable bonds is 1. The SMILES string of the molecule is Cc1cc(=S)nc(C2CN(C)CCCN2C)[nH]1. The van der Waals surface area contributed by atoms with Crippen LogP contribution >= 0.6 is 12.2 Å². The quantitative estimate of drug-likeness (QED) is 0.773. The van der Waals surface area contributed by atoms with Crippen LogP contribution in [0.4, 0.5) is 0 Å². The topological polar surface area (TPSA) is 35.2 Å². The third kappa shape index (κ3) is 3.12. The molecule has 1 unspecified atom stereocenters. The summed E-state index contributed by atoms with van der Waals surface area (Å²) in [5.74, 6) is 0.992. The molecule has 0 aromatic carbocycles. The molecule has 0 aliphatic carbocycles. The summed E-state index contributed by atoms with van der Waals surface area (Å²) < 4.78 is 0.677. The predicted molar refractivity (Wildman–Crippen MR) is 71.6 cm³/mol. The van der Waals surface area contributed by atoms with E-state index in [-0.39, 0.29) is 0 Å². The molecule has 1 aromatic heterocycles. The summed E-state index contributed by atoms with van der Waals surface area (Å²) in [5.41, 5.74) is 1.08. The Bertz CT molecular complexity index is 442. The summed E-state index contributed by atoms with van der Waals surface area (Å²) in [7, 11) is 4.32. The van der Waals surface area contributed by atoms with E-state index in [0.717, 1.165) is 31.2 Å². The normalized spacial score (nSPS) is 23.6. The Morgan fingerprint density at radius 1 is 1.41 bits per heavy atom. The Kier molecular flexibility index (Phi) is 3.91. The van der Waals surface area contributed by atoms with Crippen molar-refractivity contribution in [3.8, 4) is 0 Å². The third-order valence-corrected chi connectivity index (χ3v) is 3.49. The number of aryl methyl sites for hydroxylation is 1. The Morgan fingerprint density at radius 2 is 2.18 bits per heavy atom. The van der Waals surface area contributed by atoms with Crippen molar-refractivity contribution in [3.05, 3.63) is 22.2 Å². The van der Waals surface area contributed by atoms with Gasteiger partial charge in [0.1, 0.15) is 10.5 Å². The number of hydrogen-bond donors (Lipinski definition) is 1. The maximum Gasteiger partial charge on any atom is 0.130 e. The summed E-state index contributed by atoms with van der Waals surface area (Å²) in [6.45, 7) is 5.28. The molecule has 1 atom stereocenters. The molecular weight excluding hydrogens is 232 g/mol. The monoisotopic (exact) mass is 252 g/mol. The number of nitrogens with one attached hydrogen (secondary N) is 1. The van der Waals surface area contributed by atoms with Gasteiger partial charge in [-0.1, -0.05) is 12.2 Å². The minimum Gasteiger partial charge on any atom is -0.346 e. The second kappa shape index (κ2) is 5.25. The highest BCUT2D eigenvalue weighted by Crippen LogP contribution is 2.20. The highest BCUT2D eigenvalue weighted by molar-refractivity contribution is 7.71. The van der Waals surface area contributed by atoms with Crippen LogP contribution in [0.2, 0.25) is 0 Å². The van der Waals surface area contributed by atoms with Crippen LogP contribution in [0.3, 0.4) is 0 Å². The lowest BCUT2D eigenvalue weighted by molar-refractivity contribution is 0.219. The van der Waals surface area contributed by atoms with Gasteiger partial charge in [0.05, 0.1) is 6.04 Å². The van der Waals surface area contributed by atoms with E-state index >= 15 is 0 Å². The lowest BCUT2D eigenvalue weighted by Gasteiger charge is -2.26. The van der Waals surface area contributed by atoms with Crippen LogP contribution in [0.15, 0.2) is 6.07 Å². The molecule has 2 heterocycles. The number of hydrogen-bond acceptors (Lipinski definition) is 4. The first kappa shape index (κ1) is 12.7. The first-order valence-electron chi connectivity index (χ1n) is 6.03. The smallest absolute Gasteiger partial charge is 0.130 e. The van der Waals surface area contributed by atoms with Crippen molar-refractivity contribution in [2.24, 2.45) is 0 Å². The molecule has 0 spiro atoms. The molecule has 1 fully saturated rings. The van der Waals surface area contributed by atoms with Gasteiger partial charge in [0, 0.05) is 12.2 Å². The summed E-state index contributed by atoms with van der Waals surface area (Å²) in [6, 6.07) is 2.21. The number of likely N-dealkylation sites (N-methyl/N-ethyl adjacent to an activating group) is 2. The van der Waals surface area contributed by atoms with E-state index in [1.54, 1.807) is 0 Å². The predicted octanol–water partition coefficient (Wildman–Crippen LogP) is 1.76. The van der Waals surface area contributed by atoms with Crippen molar-refractivity contribution in [1.29, 1.82) is 0 Å². The second-order valence-electron chi connectivity index (χ2n) is 4.90. The molecule has 0 radical (unpaired) electrons. The van der Waals surface area contributed by atoms with Crippen molar-refractivity contribution in [2.75, 3.05) is 33.7 Å². The molecule has 0 bridgehead atoms. The van der Waals surface area contributed by atoms with Gasteiger partial charge in [0.2, 0.25) is 0 Å². The summed E-state index contributed by atoms with van der Waals surface area (Å²) in [4.78, 5) is 12.5. The standard InChI is InChI=1S/C12H20N4S/c1-9-7-11(17)14-12(13-9)10-8-15(2)5-4-6-16(10)3/h7,10H,4-6,8H2,1-3H3,(H,13,14,17). The summed E-state index contributed by atoms with van der Waals surface area (Å²) in [5, 5.41) is 0. The molecule has 0 saturated carbocycles. The van der Waals surface area contributed by atoms with Gasteiger partial charge in [-0.25, -0.2) is 4.98 Å². The molecular formula is C12H20N4S. The fourth-order valence-electron chi connectivity index (χ4n) is 2.33. The van der Waals surface area contributed by atoms with Crippen LogP contribution in [0, 0.1) is 11.6 Å². The molecule has 1 aliphatic heterocycles. The van der Waals surface area contributed by atoms with E-state index in [9.17, 15) is 0 Å². The van der Waals surface area contributed by atoms with Gasteiger partial charge in [-0.2, -0.15) is 0 Å². The van der Waals surface area contributed by atoms with Crippen molar-refractivity contribution in [1.82, 2.24) is 19.8 Å². The van der Waals surface area contributed by atoms with Gasteiger partial charge in [-0.3, -0.25) is 4.90 Å². The van der Waals surface area contributed by atoms with E-state index in [4.69, 9.17) is 12.2 Å². The van der Waals surface area contributed by atoms with Gasteiger partial charge in [0.15, 0.2) is 0 Å². The first-order chi connectivity index (χ1) is 8.06. The Morgan fingerprint density at radius 3 is 2.88 bits per heavy atom. The summed E-state index contributed by atoms with van der Waals surface area (Å²) >= 11 is 5.20. The van der Waals surface area contributed by atoms with Gasteiger partial charge in [-0.15, -0.1) is 0 Å². The van der Waals surface area contributed by atoms with Crippen LogP contribution in [-0.2, 0) is 0 Å². The number of aromatic nitrogens is 2. The van der Waals surface area contributed by atoms with Gasteiger partial charge in [-0.05, 0) is 46.6 Å². The van der Waals surface area contributed by atoms with E-state index < -0.39 is 0 Å². The third-order valence-electron chi connectivity index (χ3n) is 3.28. The average molecular weight is 252 g/mol. The first-order valence-corrected chi connectivity index (χ1v) is 6.44. The van der Waals surface area contributed by atoms with Crippen molar-refractivity contribution in [3.63, 3.8) is 0 Å². The van der Waals surface area contributed by atoms with Gasteiger partial charge >= 0.3 is 0 Å². The highest BCUT2D eigenvalue weighted by atomic mass is 32.1. The van der Waals surface area contributed by atoms with Crippen LogP contribution in [0.1, 0.15) is 24.0 Å². The zero-order valence-electron chi connectivity index (χ0n) is 10.7. The minimum atomic E-state index is 0.309. The average Bonchev–Trinajstić information content (AvgIpc) is 2.39. The molecule has 1 aromatic rings.